The molecular formula is C14H18N4O. The molecule has 2 rings (SSSR count). The Kier molecular flexibility index (Phi) is 4.41. The Labute approximate surface area is 112 Å². The van der Waals surface area contributed by atoms with Crippen molar-refractivity contribution in [3.8, 4) is 11.4 Å². The van der Waals surface area contributed by atoms with Crippen LogP contribution in [0.2, 0.25) is 0 Å². The van der Waals surface area contributed by atoms with Gasteiger partial charge in [-0.2, -0.15) is 5.10 Å². The van der Waals surface area contributed by atoms with Crippen molar-refractivity contribution in [1.29, 1.82) is 0 Å². The molecule has 2 aromatic rings. The molecule has 0 N–H and O–H groups in total. The summed E-state index contributed by atoms with van der Waals surface area (Å²) in [6, 6.07) is 8.92. The van der Waals surface area contributed by atoms with Crippen LogP contribution < -0.4 is 5.56 Å². The van der Waals surface area contributed by atoms with E-state index in [1.54, 1.807) is 18.3 Å². The summed E-state index contributed by atoms with van der Waals surface area (Å²) in [7, 11) is 4.03. The number of nitrogens with zero attached hydrogens (tertiary/aromatic N) is 4. The second-order valence-electron chi connectivity index (χ2n) is 4.65. The van der Waals surface area contributed by atoms with Gasteiger partial charge in [0.2, 0.25) is 0 Å². The average Bonchev–Trinajstić information content (AvgIpc) is 2.41. The van der Waals surface area contributed by atoms with Gasteiger partial charge in [0.1, 0.15) is 5.69 Å². The van der Waals surface area contributed by atoms with E-state index in [0.29, 0.717) is 6.54 Å². The molecule has 0 aliphatic carbocycles. The van der Waals surface area contributed by atoms with Crippen molar-refractivity contribution in [2.75, 3.05) is 20.6 Å². The van der Waals surface area contributed by atoms with E-state index in [-0.39, 0.29) is 5.56 Å². The van der Waals surface area contributed by atoms with Crippen molar-refractivity contribution in [2.24, 2.45) is 0 Å². The van der Waals surface area contributed by atoms with Crippen LogP contribution in [0.5, 0.6) is 0 Å². The summed E-state index contributed by atoms with van der Waals surface area (Å²) in [4.78, 5) is 18.1. The Morgan fingerprint density at radius 1 is 1.16 bits per heavy atom. The maximum absolute atomic E-state index is 11.7. The van der Waals surface area contributed by atoms with E-state index in [9.17, 15) is 4.79 Å². The highest BCUT2D eigenvalue weighted by Gasteiger charge is 2.04. The Bertz CT molecular complexity index is 577. The molecule has 0 aliphatic heterocycles. The van der Waals surface area contributed by atoms with Crippen molar-refractivity contribution < 1.29 is 0 Å². The lowest BCUT2D eigenvalue weighted by atomic mass is 10.2. The Balaban J connectivity index is 2.18. The van der Waals surface area contributed by atoms with Crippen LogP contribution in [-0.4, -0.2) is 40.3 Å². The van der Waals surface area contributed by atoms with Gasteiger partial charge in [-0.25, -0.2) is 4.68 Å². The third-order valence-electron chi connectivity index (χ3n) is 2.77. The van der Waals surface area contributed by atoms with Crippen LogP contribution in [-0.2, 0) is 6.54 Å². The van der Waals surface area contributed by atoms with E-state index < -0.39 is 0 Å². The van der Waals surface area contributed by atoms with Crippen molar-refractivity contribution in [3.63, 3.8) is 0 Å². The predicted molar refractivity (Wildman–Crippen MR) is 74.9 cm³/mol. The summed E-state index contributed by atoms with van der Waals surface area (Å²) >= 11 is 0. The Morgan fingerprint density at radius 2 is 2.00 bits per heavy atom. The van der Waals surface area contributed by atoms with E-state index in [1.807, 2.05) is 32.3 Å². The lowest BCUT2D eigenvalue weighted by Crippen LogP contribution is -2.24. The molecule has 0 fully saturated rings. The molecule has 0 radical (unpaired) electrons. The fourth-order valence-electron chi connectivity index (χ4n) is 1.80. The molecule has 19 heavy (non-hydrogen) atoms. The first-order chi connectivity index (χ1) is 9.16. The smallest absolute Gasteiger partial charge is 0.266 e. The molecule has 0 spiro atoms. The molecule has 0 atom stereocenters. The number of pyridine rings is 1. The molecular weight excluding hydrogens is 240 g/mol. The molecule has 0 unspecified atom stereocenters. The minimum atomic E-state index is -0.0709. The van der Waals surface area contributed by atoms with E-state index in [2.05, 4.69) is 15.0 Å². The first-order valence-electron chi connectivity index (χ1n) is 6.31. The van der Waals surface area contributed by atoms with Crippen LogP contribution in [0.15, 0.2) is 41.3 Å². The van der Waals surface area contributed by atoms with Crippen LogP contribution in [0.25, 0.3) is 11.4 Å². The second kappa shape index (κ2) is 6.24. The van der Waals surface area contributed by atoms with Gasteiger partial charge in [-0.3, -0.25) is 9.78 Å². The second-order valence-corrected chi connectivity index (χ2v) is 4.65. The summed E-state index contributed by atoms with van der Waals surface area (Å²) in [5.41, 5.74) is 1.44. The van der Waals surface area contributed by atoms with E-state index >= 15 is 0 Å². The molecule has 100 valence electrons. The summed E-state index contributed by atoms with van der Waals surface area (Å²) in [6.07, 6.45) is 2.62. The first kappa shape index (κ1) is 13.4. The molecule has 5 nitrogen and oxygen atoms in total. The third-order valence-corrected chi connectivity index (χ3v) is 2.77. The molecule has 0 aliphatic rings. The molecule has 0 bridgehead atoms. The van der Waals surface area contributed by atoms with Gasteiger partial charge in [0.15, 0.2) is 0 Å². The number of aromatic nitrogens is 3. The van der Waals surface area contributed by atoms with Crippen LogP contribution in [0.3, 0.4) is 0 Å². The van der Waals surface area contributed by atoms with Gasteiger partial charge < -0.3 is 4.90 Å². The lowest BCUT2D eigenvalue weighted by Gasteiger charge is -2.10. The normalized spacial score (nSPS) is 10.9. The van der Waals surface area contributed by atoms with E-state index in [1.165, 1.54) is 4.68 Å². The monoisotopic (exact) mass is 258 g/mol. The third kappa shape index (κ3) is 3.72. The van der Waals surface area contributed by atoms with E-state index in [4.69, 9.17) is 0 Å². The molecule has 2 heterocycles. The Morgan fingerprint density at radius 3 is 2.68 bits per heavy atom. The maximum Gasteiger partial charge on any atom is 0.266 e. The minimum Gasteiger partial charge on any atom is -0.309 e. The maximum atomic E-state index is 11.7. The predicted octanol–water partition coefficient (Wildman–Crippen LogP) is 1.26. The number of hydrogen-bond donors (Lipinski definition) is 0. The van der Waals surface area contributed by atoms with Gasteiger partial charge in [-0.05, 0) is 45.3 Å². The highest BCUT2D eigenvalue weighted by Crippen LogP contribution is 2.10. The van der Waals surface area contributed by atoms with Gasteiger partial charge >= 0.3 is 0 Å². The van der Waals surface area contributed by atoms with Crippen molar-refractivity contribution in [2.45, 2.75) is 13.0 Å². The highest BCUT2D eigenvalue weighted by atomic mass is 16.1. The average molecular weight is 258 g/mol. The largest absolute Gasteiger partial charge is 0.309 e. The van der Waals surface area contributed by atoms with Crippen LogP contribution in [0, 0.1) is 0 Å². The van der Waals surface area contributed by atoms with Gasteiger partial charge in [0.25, 0.3) is 5.56 Å². The SMILES string of the molecule is CN(C)CCCn1nc(-c2ccccn2)ccc1=O. The molecule has 0 saturated carbocycles. The molecule has 5 heteroatoms. The summed E-state index contributed by atoms with van der Waals surface area (Å²) in [5, 5.41) is 4.36. The molecule has 2 aromatic heterocycles. The first-order valence-corrected chi connectivity index (χ1v) is 6.31. The quantitative estimate of drug-likeness (QED) is 0.810. The van der Waals surface area contributed by atoms with Crippen LogP contribution in [0.1, 0.15) is 6.42 Å². The van der Waals surface area contributed by atoms with Crippen LogP contribution in [0.4, 0.5) is 0 Å². The molecule has 0 aromatic carbocycles. The van der Waals surface area contributed by atoms with Crippen molar-refractivity contribution in [1.82, 2.24) is 19.7 Å². The topological polar surface area (TPSA) is 51.0 Å². The zero-order chi connectivity index (χ0) is 13.7. The molecule has 0 amide bonds. The summed E-state index contributed by atoms with van der Waals surface area (Å²) in [6.45, 7) is 1.56. The molecule has 0 saturated heterocycles. The van der Waals surface area contributed by atoms with Gasteiger partial charge in [0, 0.05) is 18.8 Å². The highest BCUT2D eigenvalue weighted by molar-refractivity contribution is 5.52. The fraction of sp³-hybridized carbons (Fsp3) is 0.357. The lowest BCUT2D eigenvalue weighted by molar-refractivity contribution is 0.377. The summed E-state index contributed by atoms with van der Waals surface area (Å²) < 4.78 is 1.51. The summed E-state index contributed by atoms with van der Waals surface area (Å²) in [5.74, 6) is 0. The van der Waals surface area contributed by atoms with Crippen molar-refractivity contribution in [3.05, 3.63) is 46.9 Å². The zero-order valence-corrected chi connectivity index (χ0v) is 11.3. The van der Waals surface area contributed by atoms with Gasteiger partial charge in [-0.1, -0.05) is 6.07 Å². The van der Waals surface area contributed by atoms with Gasteiger partial charge in [0.05, 0.1) is 5.69 Å². The fourth-order valence-corrected chi connectivity index (χ4v) is 1.80. The van der Waals surface area contributed by atoms with E-state index in [0.717, 1.165) is 24.4 Å². The van der Waals surface area contributed by atoms with Crippen LogP contribution >= 0.6 is 0 Å². The van der Waals surface area contributed by atoms with Gasteiger partial charge in [-0.15, -0.1) is 0 Å². The number of rotatable bonds is 5. The Hall–Kier alpha value is -2.01. The van der Waals surface area contributed by atoms with Crippen molar-refractivity contribution >= 4 is 0 Å². The zero-order valence-electron chi connectivity index (χ0n) is 11.3. The minimum absolute atomic E-state index is 0.0709. The number of aryl methyl sites for hydroxylation is 1. The standard InChI is InChI=1S/C14H18N4O/c1-17(2)10-5-11-18-14(19)8-7-13(16-18)12-6-3-4-9-15-12/h3-4,6-9H,5,10-11H2,1-2H3. The number of hydrogen-bond acceptors (Lipinski definition) is 4.